The normalized spacial score (nSPS) is 16.3. The molecule has 2 aromatic rings. The molecule has 19 heavy (non-hydrogen) atoms. The lowest BCUT2D eigenvalue weighted by atomic mass is 10.3. The Hall–Kier alpha value is -1.24. The highest BCUT2D eigenvalue weighted by Gasteiger charge is 2.17. The third kappa shape index (κ3) is 2.70. The summed E-state index contributed by atoms with van der Waals surface area (Å²) in [6.45, 7) is 5.95. The Labute approximate surface area is 116 Å². The number of nitrogens with zero attached hydrogens (tertiary/aromatic N) is 4. The number of aryl methyl sites for hydroxylation is 2. The van der Waals surface area contributed by atoms with Crippen molar-refractivity contribution in [2.45, 2.75) is 39.6 Å². The molecular formula is C13H18N4OS. The molecule has 2 aromatic heterocycles. The molecule has 0 amide bonds. The first-order valence-electron chi connectivity index (χ1n) is 6.54. The van der Waals surface area contributed by atoms with E-state index in [0.717, 1.165) is 44.0 Å². The van der Waals surface area contributed by atoms with Gasteiger partial charge in [-0.05, 0) is 19.4 Å². The van der Waals surface area contributed by atoms with Crippen LogP contribution in [0.2, 0.25) is 0 Å². The van der Waals surface area contributed by atoms with Gasteiger partial charge in [0.15, 0.2) is 0 Å². The molecule has 0 atom stereocenters. The van der Waals surface area contributed by atoms with Crippen LogP contribution in [0.4, 0.5) is 0 Å². The zero-order valence-corrected chi connectivity index (χ0v) is 11.9. The Bertz CT molecular complexity index is 563. The van der Waals surface area contributed by atoms with Crippen molar-refractivity contribution in [2.24, 2.45) is 0 Å². The van der Waals surface area contributed by atoms with Gasteiger partial charge in [0.1, 0.15) is 0 Å². The third-order valence-electron chi connectivity index (χ3n) is 3.52. The fourth-order valence-corrected chi connectivity index (χ4v) is 3.30. The van der Waals surface area contributed by atoms with Crippen LogP contribution in [0.5, 0.6) is 0 Å². The van der Waals surface area contributed by atoms with E-state index in [4.69, 9.17) is 0 Å². The number of hydrogen-bond acceptors (Lipinski definition) is 5. The molecule has 1 aliphatic heterocycles. The van der Waals surface area contributed by atoms with Gasteiger partial charge in [-0.25, -0.2) is 4.98 Å². The number of fused-ring (bicyclic) bond motifs is 1. The summed E-state index contributed by atoms with van der Waals surface area (Å²) in [5.74, 6) is 0. The fraction of sp³-hybridized carbons (Fsp3) is 0.538. The highest BCUT2D eigenvalue weighted by atomic mass is 32.1. The van der Waals surface area contributed by atoms with Gasteiger partial charge in [0, 0.05) is 31.1 Å². The minimum atomic E-state index is 0.0218. The van der Waals surface area contributed by atoms with Gasteiger partial charge in [-0.2, -0.15) is 5.10 Å². The van der Waals surface area contributed by atoms with Gasteiger partial charge in [-0.1, -0.05) is 0 Å². The number of hydrogen-bond donors (Lipinski definition) is 1. The van der Waals surface area contributed by atoms with Crippen molar-refractivity contribution >= 4 is 11.3 Å². The molecule has 0 aromatic carbocycles. The molecule has 6 heteroatoms. The first kappa shape index (κ1) is 12.8. The van der Waals surface area contributed by atoms with E-state index in [2.05, 4.69) is 21.9 Å². The number of aromatic nitrogens is 3. The van der Waals surface area contributed by atoms with Gasteiger partial charge in [0.2, 0.25) is 0 Å². The molecule has 1 aliphatic rings. The maximum absolute atomic E-state index is 9.17. The summed E-state index contributed by atoms with van der Waals surface area (Å²) >= 11 is 1.73. The fourth-order valence-electron chi connectivity index (χ4n) is 2.48. The second kappa shape index (κ2) is 5.40. The molecule has 3 rings (SSSR count). The van der Waals surface area contributed by atoms with Crippen LogP contribution in [0.1, 0.15) is 28.4 Å². The summed E-state index contributed by atoms with van der Waals surface area (Å²) in [4.78, 5) is 8.08. The van der Waals surface area contributed by atoms with Gasteiger partial charge in [0.05, 0.1) is 29.2 Å². The highest BCUT2D eigenvalue weighted by molar-refractivity contribution is 7.09. The molecular weight excluding hydrogens is 260 g/mol. The van der Waals surface area contributed by atoms with Crippen molar-refractivity contribution in [2.75, 3.05) is 6.54 Å². The largest absolute Gasteiger partial charge is 0.390 e. The van der Waals surface area contributed by atoms with E-state index in [-0.39, 0.29) is 6.61 Å². The average Bonchev–Trinajstić information content (AvgIpc) is 2.92. The van der Waals surface area contributed by atoms with Crippen molar-refractivity contribution in [3.05, 3.63) is 33.5 Å². The lowest BCUT2D eigenvalue weighted by Crippen LogP contribution is -2.22. The summed E-state index contributed by atoms with van der Waals surface area (Å²) in [5, 5.41) is 13.6. The molecule has 0 saturated carbocycles. The first-order valence-corrected chi connectivity index (χ1v) is 7.42. The summed E-state index contributed by atoms with van der Waals surface area (Å²) in [6, 6.07) is 2.01. The van der Waals surface area contributed by atoms with Crippen LogP contribution in [0, 0.1) is 6.92 Å². The summed E-state index contributed by atoms with van der Waals surface area (Å²) in [5.41, 5.74) is 5.02. The zero-order valence-electron chi connectivity index (χ0n) is 11.0. The van der Waals surface area contributed by atoms with Gasteiger partial charge >= 0.3 is 0 Å². The monoisotopic (exact) mass is 278 g/mol. The molecule has 1 N–H and O–H groups in total. The lowest BCUT2D eigenvalue weighted by Gasteiger charge is -2.18. The number of rotatable bonds is 3. The predicted octanol–water partition coefficient (Wildman–Crippen LogP) is 1.55. The Morgan fingerprint density at radius 1 is 1.42 bits per heavy atom. The Morgan fingerprint density at radius 3 is 3.05 bits per heavy atom. The molecule has 0 aliphatic carbocycles. The van der Waals surface area contributed by atoms with Crippen molar-refractivity contribution < 1.29 is 5.11 Å². The van der Waals surface area contributed by atoms with Crippen LogP contribution in [-0.2, 0) is 26.2 Å². The van der Waals surface area contributed by atoms with Crippen molar-refractivity contribution in [1.82, 2.24) is 19.7 Å². The number of aliphatic hydroxyl groups excluding tert-OH is 1. The van der Waals surface area contributed by atoms with Crippen LogP contribution < -0.4 is 0 Å². The highest BCUT2D eigenvalue weighted by Crippen LogP contribution is 2.19. The van der Waals surface area contributed by atoms with Crippen LogP contribution in [0.15, 0.2) is 11.6 Å². The van der Waals surface area contributed by atoms with E-state index in [1.807, 2.05) is 16.3 Å². The van der Waals surface area contributed by atoms with Crippen molar-refractivity contribution in [3.8, 4) is 0 Å². The summed E-state index contributed by atoms with van der Waals surface area (Å²) < 4.78 is 2.03. The molecule has 3 heterocycles. The third-order valence-corrected chi connectivity index (χ3v) is 4.44. The smallest absolute Gasteiger partial charge is 0.0882 e. The van der Waals surface area contributed by atoms with Gasteiger partial charge in [0.25, 0.3) is 0 Å². The van der Waals surface area contributed by atoms with E-state index in [1.54, 1.807) is 11.3 Å². The van der Waals surface area contributed by atoms with E-state index in [1.165, 1.54) is 10.6 Å². The molecule has 102 valence electrons. The lowest BCUT2D eigenvalue weighted by molar-refractivity contribution is 0.261. The van der Waals surface area contributed by atoms with Crippen molar-refractivity contribution in [3.63, 3.8) is 0 Å². The van der Waals surface area contributed by atoms with Crippen LogP contribution in [-0.4, -0.2) is 31.3 Å². The maximum atomic E-state index is 9.17. The second-order valence-corrected chi connectivity index (χ2v) is 5.87. The standard InChI is InChI=1S/C13H18N4OS/c1-10-13(19-9-14-10)7-16-3-2-4-17-12(6-16)5-11(8-18)15-17/h5,9,18H,2-4,6-8H2,1H3. The minimum absolute atomic E-state index is 0.0218. The first-order chi connectivity index (χ1) is 9.26. The molecule has 0 saturated heterocycles. The predicted molar refractivity (Wildman–Crippen MR) is 73.7 cm³/mol. The molecule has 0 bridgehead atoms. The topological polar surface area (TPSA) is 54.2 Å². The Kier molecular flexibility index (Phi) is 3.63. The van der Waals surface area contributed by atoms with Crippen LogP contribution in [0.3, 0.4) is 0 Å². The Morgan fingerprint density at radius 2 is 2.32 bits per heavy atom. The minimum Gasteiger partial charge on any atom is -0.390 e. The van der Waals surface area contributed by atoms with Crippen LogP contribution in [0.25, 0.3) is 0 Å². The van der Waals surface area contributed by atoms with Gasteiger partial charge in [-0.15, -0.1) is 11.3 Å². The summed E-state index contributed by atoms with van der Waals surface area (Å²) in [7, 11) is 0. The second-order valence-electron chi connectivity index (χ2n) is 4.93. The SMILES string of the molecule is Cc1ncsc1CN1CCCn2nc(CO)cc2C1. The maximum Gasteiger partial charge on any atom is 0.0882 e. The summed E-state index contributed by atoms with van der Waals surface area (Å²) in [6.07, 6.45) is 1.09. The van der Waals surface area contributed by atoms with E-state index < -0.39 is 0 Å². The van der Waals surface area contributed by atoms with E-state index >= 15 is 0 Å². The molecule has 0 spiro atoms. The van der Waals surface area contributed by atoms with Gasteiger partial charge < -0.3 is 5.11 Å². The van der Waals surface area contributed by atoms with E-state index in [0.29, 0.717) is 0 Å². The van der Waals surface area contributed by atoms with Crippen molar-refractivity contribution in [1.29, 1.82) is 0 Å². The molecule has 0 unspecified atom stereocenters. The van der Waals surface area contributed by atoms with Gasteiger partial charge in [-0.3, -0.25) is 9.58 Å². The van der Waals surface area contributed by atoms with E-state index in [9.17, 15) is 5.11 Å². The quantitative estimate of drug-likeness (QED) is 0.925. The van der Waals surface area contributed by atoms with Crippen LogP contribution >= 0.6 is 11.3 Å². The number of thiazole rings is 1. The molecule has 0 fully saturated rings. The average molecular weight is 278 g/mol. The zero-order chi connectivity index (χ0) is 13.2. The number of aliphatic hydroxyl groups is 1. The molecule has 5 nitrogen and oxygen atoms in total. The molecule has 0 radical (unpaired) electrons. The Balaban J connectivity index is 1.76.